The molecule has 0 unspecified atom stereocenters. The second-order valence-electron chi connectivity index (χ2n) is 8.02. The van der Waals surface area contributed by atoms with E-state index in [4.69, 9.17) is 36.7 Å². The predicted octanol–water partition coefficient (Wildman–Crippen LogP) is 8.05. The summed E-state index contributed by atoms with van der Waals surface area (Å²) in [6.07, 6.45) is 7.50. The molecule has 12 heteroatoms. The third-order valence-corrected chi connectivity index (χ3v) is 14.7. The molecular weight excluding hydrogens is 583 g/mol. The molecular formula is C21H27N3S9. The lowest BCUT2D eigenvalue weighted by molar-refractivity contribution is 0.539. The van der Waals surface area contributed by atoms with Crippen LogP contribution in [0.25, 0.3) is 0 Å². The summed E-state index contributed by atoms with van der Waals surface area (Å²) in [6, 6.07) is 6.80. The summed E-state index contributed by atoms with van der Waals surface area (Å²) in [6.45, 7) is 6.57. The zero-order valence-corrected chi connectivity index (χ0v) is 25.6. The third-order valence-electron chi connectivity index (χ3n) is 5.57. The maximum Gasteiger partial charge on any atom is 0.147 e. The molecule has 0 spiro atoms. The molecule has 0 bridgehead atoms. The first-order valence-corrected chi connectivity index (χ1v) is 18.8. The van der Waals surface area contributed by atoms with Crippen molar-refractivity contribution >= 4 is 114 Å². The lowest BCUT2D eigenvalue weighted by Crippen LogP contribution is -2.22. The van der Waals surface area contributed by atoms with Gasteiger partial charge in [-0.15, -0.1) is 0 Å². The molecule has 1 aromatic carbocycles. The van der Waals surface area contributed by atoms with Crippen LogP contribution in [0.4, 0.5) is 0 Å². The average Bonchev–Trinajstić information content (AvgIpc) is 3.62. The Hall–Kier alpha value is 0.990. The highest BCUT2D eigenvalue weighted by Crippen LogP contribution is 2.44. The zero-order chi connectivity index (χ0) is 23.0. The Kier molecular flexibility index (Phi) is 11.5. The van der Waals surface area contributed by atoms with Gasteiger partial charge in [0.2, 0.25) is 0 Å². The van der Waals surface area contributed by atoms with Crippen LogP contribution in [0, 0.1) is 0 Å². The maximum absolute atomic E-state index is 5.68. The Morgan fingerprint density at radius 1 is 0.485 bits per heavy atom. The fourth-order valence-electron chi connectivity index (χ4n) is 3.80. The summed E-state index contributed by atoms with van der Waals surface area (Å²) in [5.41, 5.74) is 0. The van der Waals surface area contributed by atoms with Crippen molar-refractivity contribution in [2.75, 3.05) is 39.3 Å². The topological polar surface area (TPSA) is 9.72 Å². The quantitative estimate of drug-likeness (QED) is 0.228. The van der Waals surface area contributed by atoms with Crippen LogP contribution in [-0.2, 0) is 0 Å². The molecule has 180 valence electrons. The van der Waals surface area contributed by atoms with Gasteiger partial charge in [-0.1, -0.05) is 69.0 Å². The molecule has 0 aliphatic carbocycles. The normalized spacial score (nSPS) is 18.4. The van der Waals surface area contributed by atoms with Crippen molar-refractivity contribution in [2.45, 2.75) is 53.2 Å². The highest BCUT2D eigenvalue weighted by atomic mass is 33.1. The van der Waals surface area contributed by atoms with Crippen LogP contribution in [0.3, 0.4) is 0 Å². The van der Waals surface area contributed by atoms with E-state index < -0.39 is 0 Å². The van der Waals surface area contributed by atoms with Crippen LogP contribution in [0.5, 0.6) is 0 Å². The van der Waals surface area contributed by atoms with Crippen molar-refractivity contribution in [3.05, 3.63) is 18.2 Å². The number of hydrogen-bond acceptors (Lipinski definition) is 9. The van der Waals surface area contributed by atoms with Crippen LogP contribution < -0.4 is 0 Å². The molecule has 3 aliphatic rings. The molecule has 3 heterocycles. The second-order valence-corrected chi connectivity index (χ2v) is 16.5. The molecule has 0 N–H and O–H groups in total. The highest BCUT2D eigenvalue weighted by Gasteiger charge is 2.19. The van der Waals surface area contributed by atoms with E-state index in [1.54, 1.807) is 64.8 Å². The van der Waals surface area contributed by atoms with Gasteiger partial charge < -0.3 is 14.7 Å². The van der Waals surface area contributed by atoms with Gasteiger partial charge in [-0.25, -0.2) is 0 Å². The Labute approximate surface area is 237 Å². The minimum atomic E-state index is 0.999. The Balaban J connectivity index is 1.38. The van der Waals surface area contributed by atoms with Crippen LogP contribution in [0.1, 0.15) is 38.5 Å². The number of thiocarbonyl (C=S) groups is 3. The molecule has 3 nitrogen and oxygen atoms in total. The molecule has 1 aromatic rings. The SMILES string of the molecule is S=C(SSc1cc(SSC(=S)N2CCCC2)cc(SSC(=S)N2CCCC2)c1)N1CCCC1. The number of nitrogens with zero attached hydrogens (tertiary/aromatic N) is 3. The summed E-state index contributed by atoms with van der Waals surface area (Å²) in [5, 5.41) is 0. The first kappa shape index (κ1) is 27.0. The van der Waals surface area contributed by atoms with E-state index in [1.807, 2.05) is 0 Å². The molecule has 0 amide bonds. The zero-order valence-electron chi connectivity index (χ0n) is 18.2. The minimum absolute atomic E-state index is 0.999. The Morgan fingerprint density at radius 2 is 0.727 bits per heavy atom. The van der Waals surface area contributed by atoms with Gasteiger partial charge in [0.1, 0.15) is 13.0 Å². The van der Waals surface area contributed by atoms with Crippen LogP contribution in [-0.4, -0.2) is 66.9 Å². The average molecular weight is 610 g/mol. The van der Waals surface area contributed by atoms with Crippen molar-refractivity contribution in [1.29, 1.82) is 0 Å². The van der Waals surface area contributed by atoms with Crippen LogP contribution in [0.15, 0.2) is 32.9 Å². The standard InChI is InChI=1S/C21H27N3S9/c25-19(22-7-1-2-8-22)31-28-16-13-17(29-32-20(26)23-9-3-4-10-23)15-18(14-16)30-33-21(27)24-11-5-6-12-24/h13-15H,1-12H2. The van der Waals surface area contributed by atoms with Gasteiger partial charge in [0.05, 0.1) is 0 Å². The highest BCUT2D eigenvalue weighted by molar-refractivity contribution is 8.84. The van der Waals surface area contributed by atoms with Gasteiger partial charge in [-0.05, 0) is 89.1 Å². The molecule has 0 radical (unpaired) electrons. The van der Waals surface area contributed by atoms with E-state index in [9.17, 15) is 0 Å². The smallest absolute Gasteiger partial charge is 0.147 e. The monoisotopic (exact) mass is 609 g/mol. The molecule has 4 rings (SSSR count). The molecule has 3 aliphatic heterocycles. The number of benzene rings is 1. The second kappa shape index (κ2) is 14.1. The van der Waals surface area contributed by atoms with Gasteiger partial charge in [0, 0.05) is 54.0 Å². The van der Waals surface area contributed by atoms with Gasteiger partial charge in [-0.3, -0.25) is 0 Å². The molecule has 0 atom stereocenters. The largest absolute Gasteiger partial charge is 0.357 e. The Bertz CT molecular complexity index is 726. The van der Waals surface area contributed by atoms with E-state index >= 15 is 0 Å². The first-order chi connectivity index (χ1) is 16.1. The van der Waals surface area contributed by atoms with Gasteiger partial charge >= 0.3 is 0 Å². The van der Waals surface area contributed by atoms with Crippen LogP contribution >= 0.6 is 101 Å². The van der Waals surface area contributed by atoms with Crippen molar-refractivity contribution in [3.8, 4) is 0 Å². The van der Waals surface area contributed by atoms with E-state index in [2.05, 4.69) is 32.9 Å². The van der Waals surface area contributed by atoms with Crippen LogP contribution in [0.2, 0.25) is 0 Å². The summed E-state index contributed by atoms with van der Waals surface area (Å²) in [5.74, 6) is 0. The van der Waals surface area contributed by atoms with Gasteiger partial charge in [0.25, 0.3) is 0 Å². The fourth-order valence-corrected chi connectivity index (χ4v) is 11.2. The summed E-state index contributed by atoms with van der Waals surface area (Å²) in [4.78, 5) is 10.7. The van der Waals surface area contributed by atoms with Crippen molar-refractivity contribution in [3.63, 3.8) is 0 Å². The van der Waals surface area contributed by atoms with E-state index in [0.29, 0.717) is 0 Å². The van der Waals surface area contributed by atoms with Crippen molar-refractivity contribution in [1.82, 2.24) is 14.7 Å². The summed E-state index contributed by atoms with van der Waals surface area (Å²) >= 11 is 17.0. The first-order valence-electron chi connectivity index (χ1n) is 11.1. The summed E-state index contributed by atoms with van der Waals surface area (Å²) < 4.78 is 3.00. The third kappa shape index (κ3) is 8.52. The van der Waals surface area contributed by atoms with Gasteiger partial charge in [0.15, 0.2) is 0 Å². The minimum Gasteiger partial charge on any atom is -0.357 e. The van der Waals surface area contributed by atoms with E-state index in [0.717, 1.165) is 52.2 Å². The fraction of sp³-hybridized carbons (Fsp3) is 0.571. The predicted molar refractivity (Wildman–Crippen MR) is 167 cm³/mol. The Morgan fingerprint density at radius 3 is 0.970 bits per heavy atom. The molecule has 0 aromatic heterocycles. The number of hydrogen-bond donors (Lipinski definition) is 0. The number of likely N-dealkylation sites (tertiary alicyclic amines) is 3. The molecule has 3 saturated heterocycles. The van der Waals surface area contributed by atoms with Crippen molar-refractivity contribution < 1.29 is 0 Å². The van der Waals surface area contributed by atoms with E-state index in [1.165, 1.54) is 53.2 Å². The molecule has 0 saturated carbocycles. The lowest BCUT2D eigenvalue weighted by atomic mass is 10.4. The van der Waals surface area contributed by atoms with Crippen molar-refractivity contribution in [2.24, 2.45) is 0 Å². The lowest BCUT2D eigenvalue weighted by Gasteiger charge is -2.18. The molecule has 3 fully saturated rings. The maximum atomic E-state index is 5.68. The van der Waals surface area contributed by atoms with Gasteiger partial charge in [-0.2, -0.15) is 0 Å². The molecule has 33 heavy (non-hydrogen) atoms. The number of rotatable bonds is 6. The van der Waals surface area contributed by atoms with E-state index in [-0.39, 0.29) is 0 Å². The summed E-state index contributed by atoms with van der Waals surface area (Å²) in [7, 11) is 10.4.